The first-order chi connectivity index (χ1) is 8.15. The molecule has 0 amide bonds. The second-order valence-corrected chi connectivity index (χ2v) is 4.66. The summed E-state index contributed by atoms with van der Waals surface area (Å²) in [6.07, 6.45) is 0.919. The van der Waals surface area contributed by atoms with Crippen molar-refractivity contribution < 1.29 is 5.11 Å². The van der Waals surface area contributed by atoms with Crippen LogP contribution in [0, 0.1) is 0 Å². The third kappa shape index (κ3) is 4.86. The van der Waals surface area contributed by atoms with Gasteiger partial charge in [-0.15, -0.1) is 0 Å². The Bertz CT molecular complexity index is 300. The monoisotopic (exact) mass is 236 g/mol. The van der Waals surface area contributed by atoms with E-state index in [1.807, 2.05) is 18.2 Å². The molecule has 3 N–H and O–H groups in total. The summed E-state index contributed by atoms with van der Waals surface area (Å²) >= 11 is 0. The lowest BCUT2D eigenvalue weighted by atomic mass is 10.0. The average Bonchev–Trinajstić information content (AvgIpc) is 2.34. The second-order valence-electron chi connectivity index (χ2n) is 4.66. The average molecular weight is 236 g/mol. The van der Waals surface area contributed by atoms with E-state index in [-0.39, 0.29) is 12.6 Å². The standard InChI is InChI=1S/C14H24N2O/c1-12(2)16(10-11-17)9-8-14(15)13-6-4-3-5-7-13/h3-7,12,14,17H,8-11,15H2,1-2H3. The molecule has 1 aromatic rings. The van der Waals surface area contributed by atoms with Crippen LogP contribution >= 0.6 is 0 Å². The van der Waals surface area contributed by atoms with Crippen LogP contribution in [0.5, 0.6) is 0 Å². The Morgan fingerprint density at radius 2 is 1.82 bits per heavy atom. The van der Waals surface area contributed by atoms with Gasteiger partial charge in [-0.3, -0.25) is 4.90 Å². The molecule has 17 heavy (non-hydrogen) atoms. The molecule has 0 aliphatic rings. The molecule has 1 rings (SSSR count). The minimum atomic E-state index is 0.0798. The highest BCUT2D eigenvalue weighted by atomic mass is 16.3. The van der Waals surface area contributed by atoms with Crippen molar-refractivity contribution in [3.05, 3.63) is 35.9 Å². The Morgan fingerprint density at radius 1 is 1.18 bits per heavy atom. The Hall–Kier alpha value is -0.900. The molecule has 0 saturated carbocycles. The molecule has 1 atom stereocenters. The van der Waals surface area contributed by atoms with Crippen LogP contribution in [0.1, 0.15) is 31.9 Å². The highest BCUT2D eigenvalue weighted by Gasteiger charge is 2.11. The van der Waals surface area contributed by atoms with E-state index in [0.717, 1.165) is 19.5 Å². The summed E-state index contributed by atoms with van der Waals surface area (Å²) in [5.74, 6) is 0. The minimum Gasteiger partial charge on any atom is -0.395 e. The van der Waals surface area contributed by atoms with E-state index in [0.29, 0.717) is 6.04 Å². The number of nitrogens with zero attached hydrogens (tertiary/aromatic N) is 1. The van der Waals surface area contributed by atoms with Crippen LogP contribution in [0.25, 0.3) is 0 Å². The second kappa shape index (κ2) is 7.43. The zero-order chi connectivity index (χ0) is 12.7. The Labute approximate surface area is 104 Å². The van der Waals surface area contributed by atoms with Crippen molar-refractivity contribution in [3.63, 3.8) is 0 Å². The summed E-state index contributed by atoms with van der Waals surface area (Å²) in [4.78, 5) is 2.25. The van der Waals surface area contributed by atoms with Crippen molar-refractivity contribution in [1.29, 1.82) is 0 Å². The number of aliphatic hydroxyl groups excluding tert-OH is 1. The first-order valence-corrected chi connectivity index (χ1v) is 6.30. The largest absolute Gasteiger partial charge is 0.395 e. The molecule has 0 radical (unpaired) electrons. The molecule has 96 valence electrons. The summed E-state index contributed by atoms with van der Waals surface area (Å²) in [5, 5.41) is 8.99. The Balaban J connectivity index is 2.43. The third-order valence-corrected chi connectivity index (χ3v) is 3.07. The van der Waals surface area contributed by atoms with Gasteiger partial charge in [-0.25, -0.2) is 0 Å². The van der Waals surface area contributed by atoms with Crippen LogP contribution in [0.15, 0.2) is 30.3 Å². The Kier molecular flexibility index (Phi) is 6.19. The SMILES string of the molecule is CC(C)N(CCO)CCC(N)c1ccccc1. The van der Waals surface area contributed by atoms with E-state index >= 15 is 0 Å². The van der Waals surface area contributed by atoms with Crippen LogP contribution < -0.4 is 5.73 Å². The number of rotatable bonds is 7. The fraction of sp³-hybridized carbons (Fsp3) is 0.571. The summed E-state index contributed by atoms with van der Waals surface area (Å²) in [5.41, 5.74) is 7.33. The van der Waals surface area contributed by atoms with Gasteiger partial charge in [0.05, 0.1) is 6.61 Å². The van der Waals surface area contributed by atoms with Gasteiger partial charge in [-0.1, -0.05) is 30.3 Å². The fourth-order valence-corrected chi connectivity index (χ4v) is 1.93. The van der Waals surface area contributed by atoms with Gasteiger partial charge in [-0.05, 0) is 25.8 Å². The first-order valence-electron chi connectivity index (χ1n) is 6.30. The molecule has 0 bridgehead atoms. The number of aliphatic hydroxyl groups is 1. The van der Waals surface area contributed by atoms with Crippen LogP contribution in [-0.4, -0.2) is 35.7 Å². The van der Waals surface area contributed by atoms with Gasteiger partial charge in [0.25, 0.3) is 0 Å². The smallest absolute Gasteiger partial charge is 0.0558 e. The van der Waals surface area contributed by atoms with Crippen molar-refractivity contribution in [1.82, 2.24) is 4.90 Å². The molecule has 0 aromatic heterocycles. The van der Waals surface area contributed by atoms with E-state index < -0.39 is 0 Å². The number of hydrogen-bond donors (Lipinski definition) is 2. The number of benzene rings is 1. The van der Waals surface area contributed by atoms with Crippen molar-refractivity contribution in [2.24, 2.45) is 5.73 Å². The van der Waals surface area contributed by atoms with E-state index in [4.69, 9.17) is 10.8 Å². The van der Waals surface area contributed by atoms with Crippen molar-refractivity contribution in [2.45, 2.75) is 32.4 Å². The van der Waals surface area contributed by atoms with Gasteiger partial charge in [0.2, 0.25) is 0 Å². The van der Waals surface area contributed by atoms with Gasteiger partial charge in [0, 0.05) is 25.2 Å². The summed E-state index contributed by atoms with van der Waals surface area (Å²) in [6.45, 7) is 6.14. The van der Waals surface area contributed by atoms with Crippen LogP contribution in [0.2, 0.25) is 0 Å². The lowest BCUT2D eigenvalue weighted by molar-refractivity contribution is 0.161. The van der Waals surface area contributed by atoms with E-state index in [1.54, 1.807) is 0 Å². The van der Waals surface area contributed by atoms with Gasteiger partial charge in [-0.2, -0.15) is 0 Å². The zero-order valence-electron chi connectivity index (χ0n) is 10.8. The molecule has 0 fully saturated rings. The van der Waals surface area contributed by atoms with Crippen molar-refractivity contribution in [2.75, 3.05) is 19.7 Å². The summed E-state index contributed by atoms with van der Waals surface area (Å²) in [6, 6.07) is 10.7. The van der Waals surface area contributed by atoms with Crippen LogP contribution in [0.3, 0.4) is 0 Å². The predicted octanol–water partition coefficient (Wildman–Crippen LogP) is 1.78. The molecule has 1 unspecified atom stereocenters. The number of hydrogen-bond acceptors (Lipinski definition) is 3. The third-order valence-electron chi connectivity index (χ3n) is 3.07. The molecule has 3 heteroatoms. The highest BCUT2D eigenvalue weighted by molar-refractivity contribution is 5.18. The molecule has 0 aliphatic carbocycles. The van der Waals surface area contributed by atoms with Gasteiger partial charge in [0.15, 0.2) is 0 Å². The molecule has 0 heterocycles. The van der Waals surface area contributed by atoms with E-state index in [2.05, 4.69) is 30.9 Å². The zero-order valence-corrected chi connectivity index (χ0v) is 10.8. The van der Waals surface area contributed by atoms with Crippen LogP contribution in [0.4, 0.5) is 0 Å². The maximum atomic E-state index is 8.99. The normalized spacial score (nSPS) is 13.3. The van der Waals surface area contributed by atoms with Gasteiger partial charge >= 0.3 is 0 Å². The molecule has 1 aromatic carbocycles. The predicted molar refractivity (Wildman–Crippen MR) is 71.8 cm³/mol. The molecular weight excluding hydrogens is 212 g/mol. The lowest BCUT2D eigenvalue weighted by Gasteiger charge is -2.26. The number of nitrogens with two attached hydrogens (primary N) is 1. The molecule has 0 aliphatic heterocycles. The minimum absolute atomic E-state index is 0.0798. The van der Waals surface area contributed by atoms with E-state index in [9.17, 15) is 0 Å². The quantitative estimate of drug-likeness (QED) is 0.758. The Morgan fingerprint density at radius 3 is 2.35 bits per heavy atom. The fourth-order valence-electron chi connectivity index (χ4n) is 1.93. The van der Waals surface area contributed by atoms with Gasteiger partial charge in [0.1, 0.15) is 0 Å². The highest BCUT2D eigenvalue weighted by Crippen LogP contribution is 2.14. The van der Waals surface area contributed by atoms with Crippen molar-refractivity contribution in [3.8, 4) is 0 Å². The summed E-state index contributed by atoms with van der Waals surface area (Å²) in [7, 11) is 0. The molecular formula is C14H24N2O. The molecule has 0 spiro atoms. The maximum Gasteiger partial charge on any atom is 0.0558 e. The van der Waals surface area contributed by atoms with Crippen LogP contribution in [-0.2, 0) is 0 Å². The summed E-state index contributed by atoms with van der Waals surface area (Å²) < 4.78 is 0. The first kappa shape index (κ1) is 14.2. The van der Waals surface area contributed by atoms with Gasteiger partial charge < -0.3 is 10.8 Å². The maximum absolute atomic E-state index is 8.99. The van der Waals surface area contributed by atoms with E-state index in [1.165, 1.54) is 5.56 Å². The lowest BCUT2D eigenvalue weighted by Crippen LogP contribution is -2.35. The topological polar surface area (TPSA) is 49.5 Å². The van der Waals surface area contributed by atoms with Crippen molar-refractivity contribution >= 4 is 0 Å². The molecule has 3 nitrogen and oxygen atoms in total. The molecule has 0 saturated heterocycles.